The Kier molecular flexibility index (Phi) is 8.18. The van der Waals surface area contributed by atoms with E-state index in [0.717, 1.165) is 11.5 Å². The van der Waals surface area contributed by atoms with Crippen molar-refractivity contribution in [3.8, 4) is 0 Å². The smallest absolute Gasteiger partial charge is 0.337 e. The van der Waals surface area contributed by atoms with Crippen molar-refractivity contribution in [2.24, 2.45) is 0 Å². The molecule has 2 aromatic heterocycles. The van der Waals surface area contributed by atoms with Crippen molar-refractivity contribution in [2.45, 2.75) is 66.0 Å². The van der Waals surface area contributed by atoms with Crippen LogP contribution >= 0.6 is 0 Å². The van der Waals surface area contributed by atoms with E-state index in [0.29, 0.717) is 48.9 Å². The highest BCUT2D eigenvalue weighted by atomic mass is 16.5. The molecule has 0 saturated carbocycles. The van der Waals surface area contributed by atoms with E-state index in [1.807, 2.05) is 39.5 Å². The van der Waals surface area contributed by atoms with Crippen LogP contribution in [0.5, 0.6) is 0 Å². The lowest BCUT2D eigenvalue weighted by Gasteiger charge is -2.47. The number of rotatable bonds is 8. The molecule has 1 fully saturated rings. The van der Waals surface area contributed by atoms with Crippen LogP contribution < -0.4 is 10.2 Å². The fourth-order valence-electron chi connectivity index (χ4n) is 4.53. The number of carbonyl (C=O) groups excluding carboxylic acids is 1. The largest absolute Gasteiger partial charge is 0.478 e. The second-order valence-corrected chi connectivity index (χ2v) is 10.3. The molecule has 0 bridgehead atoms. The second-order valence-electron chi connectivity index (χ2n) is 10.3. The number of carboxylic acid groups (broad SMARTS) is 1. The van der Waals surface area contributed by atoms with Gasteiger partial charge in [0.25, 0.3) is 5.91 Å². The number of nitrogens with one attached hydrogen (secondary N) is 1. The number of ether oxygens (including phenoxy) is 1. The zero-order chi connectivity index (χ0) is 26.8. The first kappa shape index (κ1) is 27.3. The Morgan fingerprint density at radius 2 is 1.89 bits per heavy atom. The monoisotopic (exact) mass is 498 g/mol. The Bertz CT molecular complexity index is 1110. The van der Waals surface area contributed by atoms with Crippen LogP contribution in [0.2, 0.25) is 0 Å². The van der Waals surface area contributed by atoms with Crippen LogP contribution in [-0.4, -0.2) is 81.8 Å². The van der Waals surface area contributed by atoms with E-state index in [1.165, 1.54) is 6.20 Å². The summed E-state index contributed by atoms with van der Waals surface area (Å²) in [7, 11) is 1.66. The molecule has 10 heteroatoms. The van der Waals surface area contributed by atoms with Crippen LogP contribution in [-0.2, 0) is 4.74 Å². The van der Waals surface area contributed by atoms with Crippen LogP contribution in [0.15, 0.2) is 12.3 Å². The predicted molar refractivity (Wildman–Crippen MR) is 139 cm³/mol. The molecule has 2 aromatic rings. The van der Waals surface area contributed by atoms with Gasteiger partial charge in [-0.2, -0.15) is 0 Å². The van der Waals surface area contributed by atoms with E-state index in [9.17, 15) is 14.7 Å². The quantitative estimate of drug-likeness (QED) is 0.563. The van der Waals surface area contributed by atoms with Crippen molar-refractivity contribution < 1.29 is 19.4 Å². The predicted octanol–water partition coefficient (Wildman–Crippen LogP) is 3.50. The summed E-state index contributed by atoms with van der Waals surface area (Å²) in [6, 6.07) is 1.81. The fraction of sp³-hybridized carbons (Fsp3) is 0.577. The normalized spacial score (nSPS) is 16.2. The molecule has 1 saturated heterocycles. The molecule has 1 amide bonds. The van der Waals surface area contributed by atoms with Crippen molar-refractivity contribution in [3.05, 3.63) is 40.5 Å². The van der Waals surface area contributed by atoms with E-state index < -0.39 is 11.5 Å². The maximum atomic E-state index is 13.6. The Morgan fingerprint density at radius 3 is 2.44 bits per heavy atom. The second kappa shape index (κ2) is 10.8. The van der Waals surface area contributed by atoms with Gasteiger partial charge in [-0.15, -0.1) is 0 Å². The number of carbonyl (C=O) groups is 2. The van der Waals surface area contributed by atoms with Crippen molar-refractivity contribution in [2.75, 3.05) is 43.5 Å². The third-order valence-electron chi connectivity index (χ3n) is 6.59. The van der Waals surface area contributed by atoms with Gasteiger partial charge in [0, 0.05) is 33.3 Å². The molecule has 0 aromatic carbocycles. The summed E-state index contributed by atoms with van der Waals surface area (Å²) in [4.78, 5) is 42.8. The lowest BCUT2D eigenvalue weighted by Crippen LogP contribution is -2.61. The van der Waals surface area contributed by atoms with Gasteiger partial charge >= 0.3 is 5.97 Å². The molecule has 0 aliphatic carbocycles. The summed E-state index contributed by atoms with van der Waals surface area (Å²) in [5.41, 5.74) is 1.95. The molecule has 1 aliphatic rings. The van der Waals surface area contributed by atoms with E-state index in [2.05, 4.69) is 20.2 Å². The van der Waals surface area contributed by atoms with E-state index in [-0.39, 0.29) is 23.5 Å². The van der Waals surface area contributed by atoms with Gasteiger partial charge < -0.3 is 25.0 Å². The number of nitrogens with zero attached hydrogens (tertiary/aromatic N) is 5. The molecular formula is C26H38N6O4. The number of piperazine rings is 1. The number of hydrogen-bond acceptors (Lipinski definition) is 8. The molecule has 196 valence electrons. The SMILES string of the molecule is COC(C)CNc1ncc(C(=O)N2CCN(c3cc(C)c(C(=O)O)c(C)n3)CC2(C)C)nc1C(C)C. The standard InChI is InChI=1S/C26H38N6O4/c1-15(2)22-23(27-12-17(4)36-8)28-13-19(30-22)24(33)32-10-9-31(14-26(32,6)7)20-11-16(3)21(25(34)35)18(5)29-20/h11,13,15,17H,9-10,12,14H2,1-8H3,(H,27,28)(H,34,35). The van der Waals surface area contributed by atoms with Crippen LogP contribution in [0, 0.1) is 13.8 Å². The number of aryl methyl sites for hydroxylation is 2. The van der Waals surface area contributed by atoms with Gasteiger partial charge in [-0.05, 0) is 52.2 Å². The number of carboxylic acids is 1. The Hall–Kier alpha value is -3.27. The topological polar surface area (TPSA) is 121 Å². The molecule has 3 heterocycles. The average molecular weight is 499 g/mol. The van der Waals surface area contributed by atoms with Gasteiger partial charge in [0.2, 0.25) is 0 Å². The highest BCUT2D eigenvalue weighted by Gasteiger charge is 2.38. The van der Waals surface area contributed by atoms with Gasteiger partial charge in [-0.3, -0.25) is 4.79 Å². The molecule has 0 spiro atoms. The number of aromatic nitrogens is 3. The van der Waals surface area contributed by atoms with Crippen LogP contribution in [0.4, 0.5) is 11.6 Å². The minimum absolute atomic E-state index is 0.0209. The van der Waals surface area contributed by atoms with Crippen molar-refractivity contribution in [1.82, 2.24) is 19.9 Å². The number of aromatic carboxylic acids is 1. The maximum Gasteiger partial charge on any atom is 0.337 e. The fourth-order valence-corrected chi connectivity index (χ4v) is 4.53. The highest BCUT2D eigenvalue weighted by molar-refractivity contribution is 5.93. The minimum atomic E-state index is -0.976. The van der Waals surface area contributed by atoms with Crippen LogP contribution in [0.1, 0.15) is 78.3 Å². The third-order valence-corrected chi connectivity index (χ3v) is 6.59. The van der Waals surface area contributed by atoms with Gasteiger partial charge in [0.15, 0.2) is 0 Å². The summed E-state index contributed by atoms with van der Waals surface area (Å²) in [5.74, 6) is 0.333. The maximum absolute atomic E-state index is 13.6. The number of pyridine rings is 1. The van der Waals surface area contributed by atoms with Gasteiger partial charge in [0.05, 0.1) is 34.8 Å². The first-order valence-electron chi connectivity index (χ1n) is 12.3. The zero-order valence-electron chi connectivity index (χ0n) is 22.5. The molecule has 1 unspecified atom stereocenters. The van der Waals surface area contributed by atoms with Crippen LogP contribution in [0.25, 0.3) is 0 Å². The molecule has 1 aliphatic heterocycles. The third kappa shape index (κ3) is 5.75. The summed E-state index contributed by atoms with van der Waals surface area (Å²) in [5, 5.41) is 12.7. The molecule has 10 nitrogen and oxygen atoms in total. The number of amides is 1. The van der Waals surface area contributed by atoms with Crippen molar-refractivity contribution in [1.29, 1.82) is 0 Å². The van der Waals surface area contributed by atoms with E-state index in [1.54, 1.807) is 27.0 Å². The molecular weight excluding hydrogens is 460 g/mol. The Morgan fingerprint density at radius 1 is 1.19 bits per heavy atom. The minimum Gasteiger partial charge on any atom is -0.478 e. The molecule has 0 radical (unpaired) electrons. The van der Waals surface area contributed by atoms with Gasteiger partial charge in [-0.25, -0.2) is 19.7 Å². The summed E-state index contributed by atoms with van der Waals surface area (Å²) < 4.78 is 5.30. The van der Waals surface area contributed by atoms with Crippen molar-refractivity contribution in [3.63, 3.8) is 0 Å². The lowest BCUT2D eigenvalue weighted by molar-refractivity contribution is 0.0506. The molecule has 36 heavy (non-hydrogen) atoms. The molecule has 3 rings (SSSR count). The van der Waals surface area contributed by atoms with Gasteiger partial charge in [0.1, 0.15) is 17.3 Å². The van der Waals surface area contributed by atoms with E-state index >= 15 is 0 Å². The number of methoxy groups -OCH3 is 1. The zero-order valence-corrected chi connectivity index (χ0v) is 22.5. The first-order chi connectivity index (χ1) is 16.9. The number of hydrogen-bond donors (Lipinski definition) is 2. The lowest BCUT2D eigenvalue weighted by atomic mass is 9.97. The van der Waals surface area contributed by atoms with Gasteiger partial charge in [-0.1, -0.05) is 13.8 Å². The first-order valence-corrected chi connectivity index (χ1v) is 12.3. The van der Waals surface area contributed by atoms with Crippen molar-refractivity contribution >= 4 is 23.5 Å². The summed E-state index contributed by atoms with van der Waals surface area (Å²) >= 11 is 0. The average Bonchev–Trinajstić information content (AvgIpc) is 2.80. The van der Waals surface area contributed by atoms with Crippen LogP contribution in [0.3, 0.4) is 0 Å². The summed E-state index contributed by atoms with van der Waals surface area (Å²) in [6.07, 6.45) is 1.56. The Labute approximate surface area is 213 Å². The highest BCUT2D eigenvalue weighted by Crippen LogP contribution is 2.29. The molecule has 2 N–H and O–H groups in total. The molecule has 1 atom stereocenters. The Balaban J connectivity index is 1.81. The van der Waals surface area contributed by atoms with E-state index in [4.69, 9.17) is 9.72 Å². The summed E-state index contributed by atoms with van der Waals surface area (Å²) in [6.45, 7) is 15.7. The number of anilines is 2.